The number of aromatic nitrogens is 4. The van der Waals surface area contributed by atoms with Gasteiger partial charge in [0.1, 0.15) is 10.4 Å². The van der Waals surface area contributed by atoms with E-state index in [9.17, 15) is 14.4 Å². The van der Waals surface area contributed by atoms with Gasteiger partial charge in [0.25, 0.3) is 11.5 Å². The molecule has 0 aliphatic heterocycles. The maximum absolute atomic E-state index is 12.3. The highest BCUT2D eigenvalue weighted by molar-refractivity contribution is 7.17. The molecule has 0 atom stereocenters. The Morgan fingerprint density at radius 3 is 3.04 bits per heavy atom. The van der Waals surface area contributed by atoms with E-state index in [4.69, 9.17) is 0 Å². The Morgan fingerprint density at radius 2 is 2.25 bits per heavy atom. The van der Waals surface area contributed by atoms with Crippen LogP contribution in [0.15, 0.2) is 27.1 Å². The topological polar surface area (TPSA) is 113 Å². The van der Waals surface area contributed by atoms with Crippen molar-refractivity contribution >= 4 is 27.5 Å². The Hall–Kier alpha value is -2.68. The highest BCUT2D eigenvalue weighted by Gasteiger charge is 2.26. The number of nitrogens with zero attached hydrogens (tertiary/aromatic N) is 2. The van der Waals surface area contributed by atoms with Gasteiger partial charge in [-0.15, -0.1) is 11.3 Å². The predicted octanol–water partition coefficient (Wildman–Crippen LogP) is 0.782. The van der Waals surface area contributed by atoms with Gasteiger partial charge < -0.3 is 10.3 Å². The zero-order valence-corrected chi connectivity index (χ0v) is 13.5. The van der Waals surface area contributed by atoms with Crippen molar-refractivity contribution in [3.8, 4) is 0 Å². The molecule has 1 aliphatic carbocycles. The van der Waals surface area contributed by atoms with Crippen LogP contribution in [0.4, 0.5) is 0 Å². The summed E-state index contributed by atoms with van der Waals surface area (Å²) >= 11 is 1.28. The number of rotatable bonds is 5. The van der Waals surface area contributed by atoms with Crippen LogP contribution in [-0.2, 0) is 6.54 Å². The molecular weight excluding hydrogens is 330 g/mol. The lowest BCUT2D eigenvalue weighted by molar-refractivity contribution is 0.0947. The van der Waals surface area contributed by atoms with Crippen LogP contribution in [0.1, 0.15) is 34.9 Å². The van der Waals surface area contributed by atoms with Crippen molar-refractivity contribution in [3.05, 3.63) is 49.7 Å². The molecule has 0 bridgehead atoms. The molecule has 1 saturated carbocycles. The highest BCUT2D eigenvalue weighted by atomic mass is 32.1. The maximum atomic E-state index is 12.3. The Morgan fingerprint density at radius 1 is 1.42 bits per heavy atom. The summed E-state index contributed by atoms with van der Waals surface area (Å²) in [7, 11) is 0. The number of hydrogen-bond donors (Lipinski definition) is 3. The van der Waals surface area contributed by atoms with Crippen LogP contribution < -0.4 is 16.6 Å². The minimum absolute atomic E-state index is 0.105. The zero-order valence-electron chi connectivity index (χ0n) is 12.7. The lowest BCUT2D eigenvalue weighted by Gasteiger charge is -2.05. The molecule has 3 aromatic heterocycles. The van der Waals surface area contributed by atoms with Gasteiger partial charge in [-0.3, -0.25) is 19.3 Å². The molecule has 1 amide bonds. The van der Waals surface area contributed by atoms with E-state index in [1.807, 2.05) is 0 Å². The average Bonchev–Trinajstić information content (AvgIpc) is 3.10. The van der Waals surface area contributed by atoms with Crippen LogP contribution in [0.2, 0.25) is 0 Å². The van der Waals surface area contributed by atoms with E-state index in [0.29, 0.717) is 21.8 Å². The number of hydrogen-bond acceptors (Lipinski definition) is 5. The van der Waals surface area contributed by atoms with Crippen LogP contribution in [0.5, 0.6) is 0 Å². The Bertz CT molecular complexity index is 1020. The van der Waals surface area contributed by atoms with Crippen LogP contribution in [0.25, 0.3) is 10.2 Å². The fourth-order valence-corrected chi connectivity index (χ4v) is 3.40. The predicted molar refractivity (Wildman–Crippen MR) is 89.6 cm³/mol. The van der Waals surface area contributed by atoms with Crippen LogP contribution in [0.3, 0.4) is 0 Å². The molecule has 3 aromatic rings. The average molecular weight is 345 g/mol. The minimum Gasteiger partial charge on any atom is -0.349 e. The number of carbonyl (C=O) groups is 1. The van der Waals surface area contributed by atoms with Gasteiger partial charge in [-0.2, -0.15) is 5.10 Å². The van der Waals surface area contributed by atoms with Gasteiger partial charge >= 0.3 is 5.69 Å². The van der Waals surface area contributed by atoms with Gasteiger partial charge in [-0.1, -0.05) is 0 Å². The third-order valence-corrected chi connectivity index (χ3v) is 4.96. The molecular formula is C15H15N5O3S. The van der Waals surface area contributed by atoms with E-state index in [2.05, 4.69) is 20.5 Å². The first kappa shape index (κ1) is 14.9. The number of nitrogens with one attached hydrogen (secondary N) is 3. The summed E-state index contributed by atoms with van der Waals surface area (Å²) in [5.41, 5.74) is 1.03. The van der Waals surface area contributed by atoms with E-state index < -0.39 is 5.69 Å². The summed E-state index contributed by atoms with van der Waals surface area (Å²) in [6.07, 6.45) is 2.25. The molecule has 0 unspecified atom stereocenters. The summed E-state index contributed by atoms with van der Waals surface area (Å²) in [5, 5.41) is 11.3. The smallest absolute Gasteiger partial charge is 0.328 e. The molecule has 24 heavy (non-hydrogen) atoms. The number of carbonyl (C=O) groups excluding carboxylic acids is 1. The molecule has 3 N–H and O–H groups in total. The molecule has 0 aromatic carbocycles. The van der Waals surface area contributed by atoms with Crippen molar-refractivity contribution in [2.45, 2.75) is 25.3 Å². The summed E-state index contributed by atoms with van der Waals surface area (Å²) in [5.74, 6) is 0.175. The van der Waals surface area contributed by atoms with Gasteiger partial charge in [-0.05, 0) is 30.4 Å². The van der Waals surface area contributed by atoms with E-state index in [1.165, 1.54) is 11.3 Å². The van der Waals surface area contributed by atoms with E-state index in [1.54, 1.807) is 17.5 Å². The Labute approximate surface area is 139 Å². The van der Waals surface area contributed by atoms with Gasteiger partial charge in [0.15, 0.2) is 0 Å². The number of aromatic amines is 2. The van der Waals surface area contributed by atoms with Gasteiger partial charge in [-0.25, -0.2) is 4.79 Å². The van der Waals surface area contributed by atoms with Crippen molar-refractivity contribution in [3.63, 3.8) is 0 Å². The SMILES string of the molecule is O=C(NCCn1c(=O)[nH]c2ccsc2c1=O)c1cc(C2CC2)[nH]n1. The normalized spacial score (nSPS) is 14.2. The van der Waals surface area contributed by atoms with Crippen molar-refractivity contribution in [2.75, 3.05) is 6.54 Å². The number of H-pyrrole nitrogens is 2. The molecule has 0 spiro atoms. The second kappa shape index (κ2) is 5.75. The molecule has 8 nitrogen and oxygen atoms in total. The van der Waals surface area contributed by atoms with E-state index >= 15 is 0 Å². The third-order valence-electron chi connectivity index (χ3n) is 4.06. The molecule has 3 heterocycles. The van der Waals surface area contributed by atoms with Crippen molar-refractivity contribution in [2.24, 2.45) is 0 Å². The standard InChI is InChI=1S/C15H15N5O3S/c21-13(11-7-10(18-19-11)8-1-2-8)16-4-5-20-14(22)12-9(3-6-24-12)17-15(20)23/h3,6-8H,1-2,4-5H2,(H,16,21)(H,17,23)(H,18,19). The van der Waals surface area contributed by atoms with E-state index in [0.717, 1.165) is 23.1 Å². The maximum Gasteiger partial charge on any atom is 0.328 e. The summed E-state index contributed by atoms with van der Waals surface area (Å²) in [6.45, 7) is 0.276. The summed E-state index contributed by atoms with van der Waals surface area (Å²) < 4.78 is 1.60. The lowest BCUT2D eigenvalue weighted by Crippen LogP contribution is -2.38. The van der Waals surface area contributed by atoms with Crippen LogP contribution in [0, 0.1) is 0 Å². The fourth-order valence-electron chi connectivity index (χ4n) is 2.60. The van der Waals surface area contributed by atoms with Gasteiger partial charge in [0, 0.05) is 24.7 Å². The lowest BCUT2D eigenvalue weighted by atomic mass is 10.2. The first-order valence-corrected chi connectivity index (χ1v) is 8.55. The largest absolute Gasteiger partial charge is 0.349 e. The molecule has 4 rings (SSSR count). The zero-order chi connectivity index (χ0) is 16.7. The monoisotopic (exact) mass is 345 g/mol. The van der Waals surface area contributed by atoms with Crippen molar-refractivity contribution < 1.29 is 4.79 Å². The van der Waals surface area contributed by atoms with Crippen LogP contribution in [-0.4, -0.2) is 32.2 Å². The first-order valence-electron chi connectivity index (χ1n) is 7.67. The fraction of sp³-hybridized carbons (Fsp3) is 0.333. The second-order valence-electron chi connectivity index (χ2n) is 5.79. The number of thiophene rings is 1. The molecule has 9 heteroatoms. The van der Waals surface area contributed by atoms with Crippen LogP contribution >= 0.6 is 11.3 Å². The van der Waals surface area contributed by atoms with Gasteiger partial charge in [0.2, 0.25) is 0 Å². The second-order valence-corrected chi connectivity index (χ2v) is 6.71. The van der Waals surface area contributed by atoms with Gasteiger partial charge in [0.05, 0.1) is 5.52 Å². The third kappa shape index (κ3) is 2.67. The molecule has 1 aliphatic rings. The first-order chi connectivity index (χ1) is 11.6. The molecule has 1 fully saturated rings. The molecule has 124 valence electrons. The minimum atomic E-state index is -0.476. The van der Waals surface area contributed by atoms with Crippen molar-refractivity contribution in [1.29, 1.82) is 0 Å². The number of amides is 1. The summed E-state index contributed by atoms with van der Waals surface area (Å²) in [4.78, 5) is 39.0. The molecule has 0 saturated heterocycles. The Balaban J connectivity index is 1.44. The van der Waals surface area contributed by atoms with Crippen molar-refractivity contribution in [1.82, 2.24) is 25.1 Å². The molecule has 0 radical (unpaired) electrons. The summed E-state index contributed by atoms with van der Waals surface area (Å²) in [6, 6.07) is 3.45. The number of fused-ring (bicyclic) bond motifs is 1. The Kier molecular flexibility index (Phi) is 3.57. The highest BCUT2D eigenvalue weighted by Crippen LogP contribution is 2.38. The van der Waals surface area contributed by atoms with E-state index in [-0.39, 0.29) is 24.6 Å². The quantitative estimate of drug-likeness (QED) is 0.634.